The minimum Gasteiger partial charge on any atom is -0.314 e. The van der Waals surface area contributed by atoms with Gasteiger partial charge in [0.05, 0.1) is 0 Å². The lowest BCUT2D eigenvalue weighted by Crippen LogP contribution is -2.36. The van der Waals surface area contributed by atoms with Crippen molar-refractivity contribution in [3.63, 3.8) is 0 Å². The minimum atomic E-state index is -0.608. The lowest BCUT2D eigenvalue weighted by Gasteiger charge is -2.22. The van der Waals surface area contributed by atoms with E-state index in [0.717, 1.165) is 35.2 Å². The number of piperidine rings is 1. The van der Waals surface area contributed by atoms with Crippen LogP contribution in [0.3, 0.4) is 0 Å². The van der Waals surface area contributed by atoms with E-state index in [0.29, 0.717) is 11.6 Å². The normalized spacial score (nSPS) is 20.2. The molecule has 0 aromatic heterocycles. The second kappa shape index (κ2) is 8.59. The van der Waals surface area contributed by atoms with Gasteiger partial charge in [-0.05, 0) is 79.3 Å². The fraction of sp³-hybridized carbons (Fsp3) is 0.400. The van der Waals surface area contributed by atoms with Crippen LogP contribution in [-0.4, -0.2) is 19.3 Å². The van der Waals surface area contributed by atoms with Crippen molar-refractivity contribution < 1.29 is 8.78 Å². The van der Waals surface area contributed by atoms with Crippen molar-refractivity contribution in [2.45, 2.75) is 33.4 Å². The smallest absolute Gasteiger partial charge is 0.123 e. The minimum absolute atomic E-state index is 0.222. The fourth-order valence-electron chi connectivity index (χ4n) is 2.72. The van der Waals surface area contributed by atoms with Gasteiger partial charge in [-0.15, -0.1) is 0 Å². The Balaban J connectivity index is 0.000000219. The molecule has 2 unspecified atom stereocenters. The van der Waals surface area contributed by atoms with Gasteiger partial charge in [0.15, 0.2) is 0 Å². The highest BCUT2D eigenvalue weighted by Crippen LogP contribution is 2.29. The van der Waals surface area contributed by atoms with Crippen LogP contribution in [0.15, 0.2) is 36.4 Å². The molecule has 130 valence electrons. The first-order valence-corrected chi connectivity index (χ1v) is 8.63. The average Bonchev–Trinajstić information content (AvgIpc) is 2.56. The SMILES string of the molecule is CC1CCNCC1F.Cc1ccc(F)cc1-c1cc(Cl)ccc1C. The Morgan fingerprint density at radius 1 is 1.04 bits per heavy atom. The Labute approximate surface area is 148 Å². The van der Waals surface area contributed by atoms with E-state index >= 15 is 0 Å². The standard InChI is InChI=1S/C14H12ClF.C6H12FN/c1-9-3-5-11(15)7-13(9)14-8-12(16)6-4-10(14)2;1-5-2-3-8-4-6(5)7/h3-8H,1-2H3;5-6,8H,2-4H2,1H3. The molecule has 2 atom stereocenters. The third kappa shape index (κ3) is 5.02. The predicted molar refractivity (Wildman–Crippen MR) is 97.9 cm³/mol. The van der Waals surface area contributed by atoms with Crippen LogP contribution in [0.25, 0.3) is 11.1 Å². The second-order valence-electron chi connectivity index (χ2n) is 6.40. The summed E-state index contributed by atoms with van der Waals surface area (Å²) >= 11 is 5.97. The van der Waals surface area contributed by atoms with E-state index in [9.17, 15) is 8.78 Å². The number of nitrogens with one attached hydrogen (secondary N) is 1. The molecule has 3 rings (SSSR count). The van der Waals surface area contributed by atoms with Crippen LogP contribution in [0.5, 0.6) is 0 Å². The van der Waals surface area contributed by atoms with Gasteiger partial charge in [0, 0.05) is 11.6 Å². The van der Waals surface area contributed by atoms with Gasteiger partial charge in [0.2, 0.25) is 0 Å². The van der Waals surface area contributed by atoms with Gasteiger partial charge in [-0.25, -0.2) is 8.78 Å². The molecule has 1 fully saturated rings. The van der Waals surface area contributed by atoms with Crippen LogP contribution in [-0.2, 0) is 0 Å². The zero-order valence-corrected chi connectivity index (χ0v) is 15.1. The highest BCUT2D eigenvalue weighted by atomic mass is 35.5. The van der Waals surface area contributed by atoms with Gasteiger partial charge in [0.1, 0.15) is 12.0 Å². The molecule has 2 aromatic carbocycles. The number of rotatable bonds is 1. The maximum atomic E-state index is 13.2. The lowest BCUT2D eigenvalue weighted by molar-refractivity contribution is 0.194. The van der Waals surface area contributed by atoms with E-state index in [2.05, 4.69) is 5.32 Å². The first kappa shape index (κ1) is 18.9. The van der Waals surface area contributed by atoms with Gasteiger partial charge in [0.25, 0.3) is 0 Å². The van der Waals surface area contributed by atoms with E-state index in [-0.39, 0.29) is 11.7 Å². The Hall–Kier alpha value is -1.45. The van der Waals surface area contributed by atoms with Gasteiger partial charge < -0.3 is 5.32 Å². The van der Waals surface area contributed by atoms with E-state index in [4.69, 9.17) is 11.6 Å². The monoisotopic (exact) mass is 351 g/mol. The van der Waals surface area contributed by atoms with Crippen molar-refractivity contribution in [1.82, 2.24) is 5.32 Å². The van der Waals surface area contributed by atoms with Crippen molar-refractivity contribution >= 4 is 11.6 Å². The van der Waals surface area contributed by atoms with E-state index < -0.39 is 6.17 Å². The van der Waals surface area contributed by atoms with Gasteiger partial charge in [-0.2, -0.15) is 0 Å². The Morgan fingerprint density at radius 3 is 2.25 bits per heavy atom. The molecule has 4 heteroatoms. The number of benzene rings is 2. The largest absolute Gasteiger partial charge is 0.314 e. The summed E-state index contributed by atoms with van der Waals surface area (Å²) in [4.78, 5) is 0. The summed E-state index contributed by atoms with van der Waals surface area (Å²) in [5, 5.41) is 3.66. The van der Waals surface area contributed by atoms with Gasteiger partial charge in [-0.1, -0.05) is 30.7 Å². The molecule has 0 bridgehead atoms. The number of aryl methyl sites for hydroxylation is 2. The number of alkyl halides is 1. The highest BCUT2D eigenvalue weighted by Gasteiger charge is 2.19. The first-order valence-electron chi connectivity index (χ1n) is 8.26. The van der Waals surface area contributed by atoms with Crippen LogP contribution in [0.4, 0.5) is 8.78 Å². The molecule has 2 aromatic rings. The molecule has 1 saturated heterocycles. The zero-order valence-electron chi connectivity index (χ0n) is 14.4. The molecule has 1 heterocycles. The molecule has 0 saturated carbocycles. The Bertz CT molecular complexity index is 628. The molecule has 0 aliphatic carbocycles. The van der Waals surface area contributed by atoms with E-state index in [1.165, 1.54) is 6.07 Å². The van der Waals surface area contributed by atoms with Crippen molar-refractivity contribution in [2.24, 2.45) is 5.92 Å². The number of halogens is 3. The molecule has 24 heavy (non-hydrogen) atoms. The Morgan fingerprint density at radius 2 is 1.67 bits per heavy atom. The predicted octanol–water partition coefficient (Wildman–Crippen LogP) is 5.72. The van der Waals surface area contributed by atoms with Crippen LogP contribution < -0.4 is 5.32 Å². The maximum absolute atomic E-state index is 13.2. The third-order valence-corrected chi connectivity index (χ3v) is 4.66. The fourth-order valence-corrected chi connectivity index (χ4v) is 2.89. The topological polar surface area (TPSA) is 12.0 Å². The molecule has 0 amide bonds. The molecule has 0 radical (unpaired) electrons. The third-order valence-electron chi connectivity index (χ3n) is 4.42. The molecule has 1 nitrogen and oxygen atoms in total. The molecule has 1 aliphatic rings. The highest BCUT2D eigenvalue weighted by molar-refractivity contribution is 6.30. The summed E-state index contributed by atoms with van der Waals surface area (Å²) in [5.74, 6) is 0.0521. The molecular weight excluding hydrogens is 328 g/mol. The van der Waals surface area contributed by atoms with Crippen molar-refractivity contribution in [3.8, 4) is 11.1 Å². The van der Waals surface area contributed by atoms with Crippen molar-refractivity contribution in [3.05, 3.63) is 58.4 Å². The average molecular weight is 352 g/mol. The number of hydrogen-bond acceptors (Lipinski definition) is 1. The molecular formula is C20H24ClF2N. The van der Waals surface area contributed by atoms with Crippen LogP contribution in [0, 0.1) is 25.6 Å². The van der Waals surface area contributed by atoms with Crippen molar-refractivity contribution in [2.75, 3.05) is 13.1 Å². The van der Waals surface area contributed by atoms with Gasteiger partial charge in [-0.3, -0.25) is 0 Å². The van der Waals surface area contributed by atoms with Crippen LogP contribution in [0.1, 0.15) is 24.5 Å². The van der Waals surface area contributed by atoms with Crippen LogP contribution >= 0.6 is 11.6 Å². The zero-order chi connectivity index (χ0) is 17.7. The van der Waals surface area contributed by atoms with Crippen molar-refractivity contribution in [1.29, 1.82) is 0 Å². The Kier molecular flexibility index (Phi) is 6.76. The summed E-state index contributed by atoms with van der Waals surface area (Å²) in [6, 6.07) is 10.5. The summed E-state index contributed by atoms with van der Waals surface area (Å²) in [7, 11) is 0. The number of hydrogen-bond donors (Lipinski definition) is 1. The quantitative estimate of drug-likeness (QED) is 0.693. The second-order valence-corrected chi connectivity index (χ2v) is 6.84. The summed E-state index contributed by atoms with van der Waals surface area (Å²) in [6.45, 7) is 7.47. The molecule has 1 aliphatic heterocycles. The summed E-state index contributed by atoms with van der Waals surface area (Å²) in [6.07, 6.45) is 0.380. The lowest BCUT2D eigenvalue weighted by atomic mass is 9.97. The first-order chi connectivity index (χ1) is 11.4. The molecule has 0 spiro atoms. The van der Waals surface area contributed by atoms with E-state index in [1.807, 2.05) is 39.0 Å². The van der Waals surface area contributed by atoms with E-state index in [1.54, 1.807) is 12.1 Å². The summed E-state index contributed by atoms with van der Waals surface area (Å²) in [5.41, 5.74) is 4.04. The summed E-state index contributed by atoms with van der Waals surface area (Å²) < 4.78 is 25.7. The molecule has 1 N–H and O–H groups in total. The maximum Gasteiger partial charge on any atom is 0.123 e. The van der Waals surface area contributed by atoms with Gasteiger partial charge >= 0.3 is 0 Å². The van der Waals surface area contributed by atoms with Crippen LogP contribution in [0.2, 0.25) is 5.02 Å².